The number of nitrogens with two attached hydrogens (primary N) is 1. The lowest BCUT2D eigenvalue weighted by Gasteiger charge is -2.30. The summed E-state index contributed by atoms with van der Waals surface area (Å²) in [6.45, 7) is 4.05. The van der Waals surface area contributed by atoms with Gasteiger partial charge in [0.2, 0.25) is 0 Å². The van der Waals surface area contributed by atoms with Gasteiger partial charge in [-0.1, -0.05) is 19.1 Å². The van der Waals surface area contributed by atoms with Gasteiger partial charge in [0.05, 0.1) is 12.2 Å². The standard InChI is InChI=1S/C17H27NO3/c1-12-6-4-3-5-9-17(2)11-13(18)10-14(17)15(19)7-8-16(20)21-12/h5,7-9,12-15,19H,3-4,6,10-11,18H2,1-2H3/b8-7?,9-5+/t12-,13-,14-,15+,17+/m0/s1. The number of hydrogen-bond acceptors (Lipinski definition) is 4. The van der Waals surface area contributed by atoms with Crippen molar-refractivity contribution in [1.29, 1.82) is 0 Å². The molecule has 0 unspecified atom stereocenters. The maximum absolute atomic E-state index is 11.7. The van der Waals surface area contributed by atoms with Crippen LogP contribution in [-0.2, 0) is 9.53 Å². The lowest BCUT2D eigenvalue weighted by atomic mass is 9.76. The van der Waals surface area contributed by atoms with Gasteiger partial charge in [0.1, 0.15) is 0 Å². The second-order valence-electron chi connectivity index (χ2n) is 6.74. The summed E-state index contributed by atoms with van der Waals surface area (Å²) in [6, 6.07) is 0.104. The summed E-state index contributed by atoms with van der Waals surface area (Å²) in [5.74, 6) is -0.330. The highest BCUT2D eigenvalue weighted by Crippen LogP contribution is 2.46. The summed E-state index contributed by atoms with van der Waals surface area (Å²) in [7, 11) is 0. The Morgan fingerprint density at radius 1 is 1.48 bits per heavy atom. The maximum atomic E-state index is 11.7. The van der Waals surface area contributed by atoms with Gasteiger partial charge in [0.15, 0.2) is 0 Å². The molecule has 0 aromatic rings. The molecular formula is C17H27NO3. The van der Waals surface area contributed by atoms with Crippen LogP contribution in [0.2, 0.25) is 0 Å². The molecule has 3 N–H and O–H groups in total. The normalized spacial score (nSPS) is 43.1. The Morgan fingerprint density at radius 3 is 3.00 bits per heavy atom. The first-order chi connectivity index (χ1) is 9.90. The average Bonchev–Trinajstić information content (AvgIpc) is 2.70. The number of ether oxygens (including phenoxy) is 1. The van der Waals surface area contributed by atoms with Crippen molar-refractivity contribution in [3.63, 3.8) is 0 Å². The van der Waals surface area contributed by atoms with Crippen molar-refractivity contribution >= 4 is 5.97 Å². The Morgan fingerprint density at radius 2 is 2.24 bits per heavy atom. The first-order valence-corrected chi connectivity index (χ1v) is 7.91. The lowest BCUT2D eigenvalue weighted by molar-refractivity contribution is -0.142. The van der Waals surface area contributed by atoms with Gasteiger partial charge in [0, 0.05) is 12.1 Å². The average molecular weight is 293 g/mol. The molecule has 2 rings (SSSR count). The van der Waals surface area contributed by atoms with E-state index in [-0.39, 0.29) is 29.4 Å². The molecule has 4 nitrogen and oxygen atoms in total. The first-order valence-electron chi connectivity index (χ1n) is 7.91. The van der Waals surface area contributed by atoms with Gasteiger partial charge < -0.3 is 15.6 Å². The molecule has 0 bridgehead atoms. The van der Waals surface area contributed by atoms with Crippen molar-refractivity contribution < 1.29 is 14.6 Å². The number of hydrogen-bond donors (Lipinski definition) is 2. The summed E-state index contributed by atoms with van der Waals surface area (Å²) in [6.07, 6.45) is 11.0. The van der Waals surface area contributed by atoms with E-state index in [1.807, 2.05) is 6.92 Å². The largest absolute Gasteiger partial charge is 0.460 e. The predicted molar refractivity (Wildman–Crippen MR) is 82.5 cm³/mol. The molecule has 1 saturated carbocycles. The van der Waals surface area contributed by atoms with Crippen LogP contribution in [0.4, 0.5) is 0 Å². The number of carbonyl (C=O) groups is 1. The second-order valence-corrected chi connectivity index (χ2v) is 6.74. The van der Waals surface area contributed by atoms with Gasteiger partial charge >= 0.3 is 5.97 Å². The number of allylic oxidation sites excluding steroid dienone is 2. The number of fused-ring (bicyclic) bond motifs is 1. The molecule has 0 aromatic heterocycles. The van der Waals surface area contributed by atoms with Crippen LogP contribution in [0.15, 0.2) is 24.3 Å². The fraction of sp³-hybridized carbons (Fsp3) is 0.706. The smallest absolute Gasteiger partial charge is 0.330 e. The molecule has 4 heteroatoms. The molecule has 1 fully saturated rings. The molecule has 2 aliphatic rings. The first kappa shape index (κ1) is 16.2. The summed E-state index contributed by atoms with van der Waals surface area (Å²) in [4.78, 5) is 11.7. The van der Waals surface area contributed by atoms with E-state index in [9.17, 15) is 9.90 Å². The molecule has 1 aliphatic carbocycles. The fourth-order valence-electron chi connectivity index (χ4n) is 3.60. The van der Waals surface area contributed by atoms with Crippen LogP contribution in [0.5, 0.6) is 0 Å². The van der Waals surface area contributed by atoms with E-state index in [0.29, 0.717) is 0 Å². The Balaban J connectivity index is 2.20. The number of cyclic esters (lactones) is 1. The molecule has 21 heavy (non-hydrogen) atoms. The third-order valence-electron chi connectivity index (χ3n) is 4.74. The van der Waals surface area contributed by atoms with Gasteiger partial charge in [-0.25, -0.2) is 4.79 Å². The van der Waals surface area contributed by atoms with Crippen LogP contribution in [0.25, 0.3) is 0 Å². The van der Waals surface area contributed by atoms with Gasteiger partial charge in [-0.2, -0.15) is 0 Å². The number of rotatable bonds is 0. The lowest BCUT2D eigenvalue weighted by Crippen LogP contribution is -2.29. The SMILES string of the molecule is C[C@H]1CCC/C=C/[C@]2(C)C[C@@H](N)C[C@H]2[C@H](O)C=CC(=O)O1. The van der Waals surface area contributed by atoms with Crippen LogP contribution >= 0.6 is 0 Å². The molecule has 0 radical (unpaired) electrons. The van der Waals surface area contributed by atoms with Crippen molar-refractivity contribution in [3.8, 4) is 0 Å². The van der Waals surface area contributed by atoms with Crippen LogP contribution in [0, 0.1) is 11.3 Å². The van der Waals surface area contributed by atoms with Gasteiger partial charge in [-0.3, -0.25) is 0 Å². The maximum Gasteiger partial charge on any atom is 0.330 e. The Bertz CT molecular complexity index is 432. The van der Waals surface area contributed by atoms with Crippen LogP contribution in [-0.4, -0.2) is 29.3 Å². The van der Waals surface area contributed by atoms with Crippen LogP contribution < -0.4 is 5.73 Å². The Kier molecular flexibility index (Phi) is 5.22. The number of esters is 1. The zero-order valence-corrected chi connectivity index (χ0v) is 13.0. The molecule has 0 amide bonds. The van der Waals surface area contributed by atoms with Gasteiger partial charge in [-0.15, -0.1) is 0 Å². The monoisotopic (exact) mass is 293 g/mol. The Hall–Kier alpha value is -1.13. The zero-order valence-electron chi connectivity index (χ0n) is 13.0. The molecule has 1 heterocycles. The molecule has 0 saturated heterocycles. The second kappa shape index (κ2) is 6.75. The predicted octanol–water partition coefficient (Wildman–Crippen LogP) is 2.32. The summed E-state index contributed by atoms with van der Waals surface area (Å²) in [5, 5.41) is 10.4. The fourth-order valence-corrected chi connectivity index (χ4v) is 3.60. The minimum absolute atomic E-state index is 0.0472. The van der Waals surface area contributed by atoms with E-state index < -0.39 is 6.10 Å². The Labute approximate surface area is 127 Å². The van der Waals surface area contributed by atoms with Crippen LogP contribution in [0.1, 0.15) is 46.0 Å². The molecular weight excluding hydrogens is 266 g/mol. The minimum Gasteiger partial charge on any atom is -0.460 e. The van der Waals surface area contributed by atoms with Crippen molar-refractivity contribution in [2.45, 2.75) is 64.2 Å². The quantitative estimate of drug-likeness (QED) is 0.531. The van der Waals surface area contributed by atoms with Crippen molar-refractivity contribution in [1.82, 2.24) is 0 Å². The third kappa shape index (κ3) is 4.17. The molecule has 1 aliphatic heterocycles. The van der Waals surface area contributed by atoms with Crippen molar-refractivity contribution in [2.75, 3.05) is 0 Å². The number of aliphatic hydroxyl groups is 1. The van der Waals surface area contributed by atoms with E-state index >= 15 is 0 Å². The van der Waals surface area contributed by atoms with E-state index in [4.69, 9.17) is 10.5 Å². The van der Waals surface area contributed by atoms with Crippen LogP contribution in [0.3, 0.4) is 0 Å². The topological polar surface area (TPSA) is 72.5 Å². The highest BCUT2D eigenvalue weighted by atomic mass is 16.5. The van der Waals surface area contributed by atoms with Gasteiger partial charge in [0.25, 0.3) is 0 Å². The van der Waals surface area contributed by atoms with E-state index in [1.54, 1.807) is 6.08 Å². The summed E-state index contributed by atoms with van der Waals surface area (Å²) >= 11 is 0. The molecule has 118 valence electrons. The van der Waals surface area contributed by atoms with E-state index in [0.717, 1.165) is 32.1 Å². The van der Waals surface area contributed by atoms with E-state index in [2.05, 4.69) is 19.1 Å². The summed E-state index contributed by atoms with van der Waals surface area (Å²) in [5.41, 5.74) is 5.99. The molecule has 0 aromatic carbocycles. The van der Waals surface area contributed by atoms with Crippen molar-refractivity contribution in [3.05, 3.63) is 24.3 Å². The van der Waals surface area contributed by atoms with Gasteiger partial charge in [-0.05, 0) is 56.4 Å². The molecule has 0 spiro atoms. The number of aliphatic hydroxyl groups excluding tert-OH is 1. The van der Waals surface area contributed by atoms with E-state index in [1.165, 1.54) is 6.08 Å². The van der Waals surface area contributed by atoms with Crippen molar-refractivity contribution in [2.24, 2.45) is 17.1 Å². The number of carbonyl (C=O) groups excluding carboxylic acids is 1. The highest BCUT2D eigenvalue weighted by molar-refractivity contribution is 5.82. The zero-order chi connectivity index (χ0) is 15.5. The highest BCUT2D eigenvalue weighted by Gasteiger charge is 2.43. The summed E-state index contributed by atoms with van der Waals surface area (Å²) < 4.78 is 5.28. The minimum atomic E-state index is -0.670. The third-order valence-corrected chi connectivity index (χ3v) is 4.74. The molecule has 5 atom stereocenters.